The first-order valence-electron chi connectivity index (χ1n) is 6.60. The fraction of sp³-hybridized carbons (Fsp3) is 0.188. The first-order chi connectivity index (χ1) is 9.81. The summed E-state index contributed by atoms with van der Waals surface area (Å²) in [5.74, 6) is 0. The third-order valence-corrected chi connectivity index (χ3v) is 4.04. The molecule has 1 N–H and O–H groups in total. The molecule has 0 aliphatic rings. The highest BCUT2D eigenvalue weighted by atomic mass is 79.9. The molecule has 1 atom stereocenters. The topological polar surface area (TPSA) is 38.1 Å². The Morgan fingerprint density at radius 3 is 2.90 bits per heavy atom. The van der Waals surface area contributed by atoms with E-state index in [4.69, 9.17) is 4.42 Å². The zero-order valence-corrected chi connectivity index (χ0v) is 12.7. The Balaban J connectivity index is 2.17. The number of fused-ring (bicyclic) bond motifs is 1. The second-order valence-corrected chi connectivity index (χ2v) is 5.30. The van der Waals surface area contributed by atoms with Gasteiger partial charge in [0.05, 0.1) is 12.3 Å². The molecule has 3 nitrogen and oxygen atoms in total. The first kappa shape index (κ1) is 13.3. The number of furan rings is 1. The standard InChI is InChI=1S/C16H15BrN2O/c1-2-19-15(14-7-9-20-16(14)17)13-5-3-4-11-10-18-8-6-12(11)13/h3-10,15,19H,2H2,1H3. The molecular weight excluding hydrogens is 316 g/mol. The Bertz CT molecular complexity index is 718. The summed E-state index contributed by atoms with van der Waals surface area (Å²) in [7, 11) is 0. The van der Waals surface area contributed by atoms with Gasteiger partial charge < -0.3 is 9.73 Å². The molecule has 0 saturated heterocycles. The van der Waals surface area contributed by atoms with Crippen LogP contribution in [0.15, 0.2) is 58.1 Å². The van der Waals surface area contributed by atoms with Crippen molar-refractivity contribution in [1.82, 2.24) is 10.3 Å². The van der Waals surface area contributed by atoms with E-state index in [1.807, 2.05) is 18.5 Å². The predicted octanol–water partition coefficient (Wildman–Crippen LogP) is 4.29. The van der Waals surface area contributed by atoms with Gasteiger partial charge in [0.2, 0.25) is 0 Å². The molecule has 3 rings (SSSR count). The summed E-state index contributed by atoms with van der Waals surface area (Å²) in [6, 6.07) is 10.5. The largest absolute Gasteiger partial charge is 0.457 e. The van der Waals surface area contributed by atoms with Gasteiger partial charge in [-0.15, -0.1) is 0 Å². The van der Waals surface area contributed by atoms with Crippen LogP contribution in [0.5, 0.6) is 0 Å². The lowest BCUT2D eigenvalue weighted by Crippen LogP contribution is -2.22. The summed E-state index contributed by atoms with van der Waals surface area (Å²) in [4.78, 5) is 4.19. The van der Waals surface area contributed by atoms with Crippen LogP contribution in [0.25, 0.3) is 10.8 Å². The molecule has 2 aromatic heterocycles. The zero-order chi connectivity index (χ0) is 13.9. The van der Waals surface area contributed by atoms with Crippen LogP contribution in [0.1, 0.15) is 24.1 Å². The zero-order valence-electron chi connectivity index (χ0n) is 11.1. The molecule has 0 radical (unpaired) electrons. The third kappa shape index (κ3) is 2.37. The van der Waals surface area contributed by atoms with Crippen LogP contribution in [-0.2, 0) is 0 Å². The van der Waals surface area contributed by atoms with Crippen molar-refractivity contribution >= 4 is 26.7 Å². The lowest BCUT2D eigenvalue weighted by molar-refractivity contribution is 0.527. The molecule has 0 aliphatic heterocycles. The van der Waals surface area contributed by atoms with E-state index in [2.05, 4.69) is 57.4 Å². The number of nitrogens with one attached hydrogen (secondary N) is 1. The number of benzene rings is 1. The van der Waals surface area contributed by atoms with Crippen molar-refractivity contribution in [2.45, 2.75) is 13.0 Å². The van der Waals surface area contributed by atoms with Gasteiger partial charge in [-0.1, -0.05) is 25.1 Å². The Morgan fingerprint density at radius 1 is 1.25 bits per heavy atom. The van der Waals surface area contributed by atoms with Crippen LogP contribution in [0.2, 0.25) is 0 Å². The predicted molar refractivity (Wildman–Crippen MR) is 83.7 cm³/mol. The molecule has 4 heteroatoms. The maximum Gasteiger partial charge on any atom is 0.174 e. The number of halogens is 1. The van der Waals surface area contributed by atoms with Crippen LogP contribution in [0.3, 0.4) is 0 Å². The van der Waals surface area contributed by atoms with Crippen molar-refractivity contribution in [2.24, 2.45) is 0 Å². The summed E-state index contributed by atoms with van der Waals surface area (Å²) >= 11 is 3.48. The van der Waals surface area contributed by atoms with Gasteiger partial charge in [0, 0.05) is 23.3 Å². The smallest absolute Gasteiger partial charge is 0.174 e. The summed E-state index contributed by atoms with van der Waals surface area (Å²) in [6.07, 6.45) is 5.43. The fourth-order valence-electron chi connectivity index (χ4n) is 2.50. The average Bonchev–Trinajstić information content (AvgIpc) is 2.90. The van der Waals surface area contributed by atoms with Crippen LogP contribution in [-0.4, -0.2) is 11.5 Å². The quantitative estimate of drug-likeness (QED) is 0.775. The van der Waals surface area contributed by atoms with E-state index in [9.17, 15) is 0 Å². The van der Waals surface area contributed by atoms with Crippen molar-refractivity contribution in [2.75, 3.05) is 6.54 Å². The molecule has 0 aliphatic carbocycles. The highest BCUT2D eigenvalue weighted by Crippen LogP contribution is 2.33. The van der Waals surface area contributed by atoms with Gasteiger partial charge in [-0.25, -0.2) is 0 Å². The molecule has 0 bridgehead atoms. The lowest BCUT2D eigenvalue weighted by atomic mass is 9.96. The monoisotopic (exact) mass is 330 g/mol. The molecule has 102 valence electrons. The number of aromatic nitrogens is 1. The van der Waals surface area contributed by atoms with Crippen molar-refractivity contribution in [3.8, 4) is 0 Å². The van der Waals surface area contributed by atoms with Gasteiger partial charge in [0.1, 0.15) is 0 Å². The van der Waals surface area contributed by atoms with Gasteiger partial charge in [-0.3, -0.25) is 4.98 Å². The molecule has 2 heterocycles. The van der Waals surface area contributed by atoms with E-state index < -0.39 is 0 Å². The Kier molecular flexibility index (Phi) is 3.85. The molecule has 0 fully saturated rings. The maximum absolute atomic E-state index is 5.39. The van der Waals surface area contributed by atoms with Crippen LogP contribution in [0.4, 0.5) is 0 Å². The molecular formula is C16H15BrN2O. The minimum atomic E-state index is 0.0965. The molecule has 20 heavy (non-hydrogen) atoms. The van der Waals surface area contributed by atoms with Gasteiger partial charge in [0.15, 0.2) is 4.67 Å². The van der Waals surface area contributed by atoms with E-state index in [1.54, 1.807) is 6.26 Å². The normalized spacial score (nSPS) is 12.7. The Labute approximate surface area is 126 Å². The summed E-state index contributed by atoms with van der Waals surface area (Å²) in [5, 5.41) is 5.88. The first-order valence-corrected chi connectivity index (χ1v) is 7.39. The van der Waals surface area contributed by atoms with E-state index in [1.165, 1.54) is 10.9 Å². The molecule has 0 amide bonds. The number of hydrogen-bond acceptors (Lipinski definition) is 3. The van der Waals surface area contributed by atoms with E-state index in [0.29, 0.717) is 0 Å². The van der Waals surface area contributed by atoms with Gasteiger partial charge in [-0.05, 0) is 45.6 Å². The highest BCUT2D eigenvalue weighted by Gasteiger charge is 2.19. The molecule has 1 unspecified atom stereocenters. The van der Waals surface area contributed by atoms with Gasteiger partial charge >= 0.3 is 0 Å². The Hall–Kier alpha value is -1.65. The third-order valence-electron chi connectivity index (χ3n) is 3.39. The minimum absolute atomic E-state index is 0.0965. The van der Waals surface area contributed by atoms with Crippen molar-refractivity contribution in [1.29, 1.82) is 0 Å². The number of nitrogens with zero attached hydrogens (tertiary/aromatic N) is 1. The number of rotatable bonds is 4. The van der Waals surface area contributed by atoms with Gasteiger partial charge in [0.25, 0.3) is 0 Å². The van der Waals surface area contributed by atoms with Crippen molar-refractivity contribution < 1.29 is 4.42 Å². The molecule has 1 aromatic carbocycles. The van der Waals surface area contributed by atoms with E-state index >= 15 is 0 Å². The maximum atomic E-state index is 5.39. The average molecular weight is 331 g/mol. The molecule has 0 saturated carbocycles. The molecule has 3 aromatic rings. The summed E-state index contributed by atoms with van der Waals surface area (Å²) in [6.45, 7) is 2.98. The minimum Gasteiger partial charge on any atom is -0.457 e. The summed E-state index contributed by atoms with van der Waals surface area (Å²) in [5.41, 5.74) is 2.34. The number of hydrogen-bond donors (Lipinski definition) is 1. The summed E-state index contributed by atoms with van der Waals surface area (Å²) < 4.78 is 6.16. The van der Waals surface area contributed by atoms with Crippen molar-refractivity contribution in [3.05, 3.63) is 64.8 Å². The molecule has 0 spiro atoms. The second kappa shape index (κ2) is 5.77. The van der Waals surface area contributed by atoms with E-state index in [-0.39, 0.29) is 6.04 Å². The SMILES string of the molecule is CCNC(c1ccoc1Br)c1cccc2cnccc12. The lowest BCUT2D eigenvalue weighted by Gasteiger charge is -2.19. The highest BCUT2D eigenvalue weighted by molar-refractivity contribution is 9.10. The van der Waals surface area contributed by atoms with Crippen LogP contribution >= 0.6 is 15.9 Å². The van der Waals surface area contributed by atoms with Crippen LogP contribution in [0, 0.1) is 0 Å². The van der Waals surface area contributed by atoms with Gasteiger partial charge in [-0.2, -0.15) is 0 Å². The second-order valence-electron chi connectivity index (χ2n) is 4.58. The van der Waals surface area contributed by atoms with Crippen molar-refractivity contribution in [3.63, 3.8) is 0 Å². The van der Waals surface area contributed by atoms with E-state index in [0.717, 1.165) is 22.2 Å². The fourth-order valence-corrected chi connectivity index (χ4v) is 2.97. The Morgan fingerprint density at radius 2 is 2.15 bits per heavy atom. The number of pyridine rings is 1. The van der Waals surface area contributed by atoms with Crippen LogP contribution < -0.4 is 5.32 Å².